The lowest BCUT2D eigenvalue weighted by molar-refractivity contribution is 1.07. The third-order valence-corrected chi connectivity index (χ3v) is 11.1. The highest BCUT2D eigenvalue weighted by atomic mass is 15.0. The number of aromatic nitrogens is 5. The van der Waals surface area contributed by atoms with Gasteiger partial charge in [0.05, 0.1) is 27.6 Å². The molecule has 0 bridgehead atoms. The SMILES string of the molecule is c1ccc(-c2nc(-c3ccccc3)nc(-c3ccc(-n4c5ccccc5c5c6ccc7c8cccc9c%10ccccc%10n(c7c6ccc54)c98)cc3)n2)cc1. The van der Waals surface area contributed by atoms with Gasteiger partial charge in [0.15, 0.2) is 17.5 Å². The van der Waals surface area contributed by atoms with Gasteiger partial charge in [-0.1, -0.05) is 133 Å². The first-order valence-electron chi connectivity index (χ1n) is 18.3. The van der Waals surface area contributed by atoms with Crippen molar-refractivity contribution in [1.29, 1.82) is 0 Å². The number of nitrogens with zero attached hydrogens (tertiary/aromatic N) is 5. The van der Waals surface area contributed by atoms with Crippen LogP contribution >= 0.6 is 0 Å². The van der Waals surface area contributed by atoms with Crippen LogP contribution in [0.5, 0.6) is 0 Å². The quantitative estimate of drug-likeness (QED) is 0.185. The fraction of sp³-hybridized carbons (Fsp3) is 0. The zero-order chi connectivity index (χ0) is 35.3. The average molecular weight is 688 g/mol. The molecule has 0 aliphatic carbocycles. The molecule has 250 valence electrons. The number of hydrogen-bond donors (Lipinski definition) is 0. The molecule has 4 aromatic heterocycles. The molecule has 12 aromatic rings. The molecular formula is C49H29N5. The summed E-state index contributed by atoms with van der Waals surface area (Å²) in [6, 6.07) is 62.4. The predicted octanol–water partition coefficient (Wildman–Crippen LogP) is 12.3. The van der Waals surface area contributed by atoms with E-state index >= 15 is 0 Å². The topological polar surface area (TPSA) is 48.0 Å². The monoisotopic (exact) mass is 687 g/mol. The molecule has 0 unspecified atom stereocenters. The maximum absolute atomic E-state index is 4.97. The van der Waals surface area contributed by atoms with E-state index < -0.39 is 0 Å². The number of fused-ring (bicyclic) bond motifs is 12. The smallest absolute Gasteiger partial charge is 0.164 e. The largest absolute Gasteiger partial charge is 0.309 e. The van der Waals surface area contributed by atoms with Gasteiger partial charge in [0, 0.05) is 60.1 Å². The molecule has 0 saturated carbocycles. The summed E-state index contributed by atoms with van der Waals surface area (Å²) in [6.45, 7) is 0. The standard InChI is InChI=1S/C49H29N5/c1-3-12-30(13-4-1)47-50-48(31-14-5-2-6-15-31)52-49(51-47)32-22-24-33(25-23-32)53-42-21-10-8-17-40(42)44-35-26-27-39-37-19-11-18-36-34-16-7-9-20-41(34)54(45(36)37)46(39)38(35)28-29-43(44)53/h1-29H. The van der Waals surface area contributed by atoms with Gasteiger partial charge in [0.1, 0.15) is 0 Å². The third kappa shape index (κ3) is 4.06. The molecule has 0 aliphatic heterocycles. The minimum atomic E-state index is 0.643. The second-order valence-corrected chi connectivity index (χ2v) is 14.0. The van der Waals surface area contributed by atoms with Crippen molar-refractivity contribution in [3.05, 3.63) is 176 Å². The van der Waals surface area contributed by atoms with Gasteiger partial charge in [-0.15, -0.1) is 0 Å². The molecule has 5 heteroatoms. The summed E-state index contributed by atoms with van der Waals surface area (Å²) in [4.78, 5) is 14.8. The summed E-state index contributed by atoms with van der Waals surface area (Å²) < 4.78 is 4.88. The predicted molar refractivity (Wildman–Crippen MR) is 223 cm³/mol. The van der Waals surface area contributed by atoms with Crippen LogP contribution < -0.4 is 0 Å². The summed E-state index contributed by atoms with van der Waals surface area (Å²) in [5.41, 5.74) is 10.1. The van der Waals surface area contributed by atoms with Gasteiger partial charge < -0.3 is 8.97 Å². The summed E-state index contributed by atoms with van der Waals surface area (Å²) in [5, 5.41) is 10.2. The molecule has 0 fully saturated rings. The molecule has 8 aromatic carbocycles. The Morgan fingerprint density at radius 3 is 1.43 bits per heavy atom. The van der Waals surface area contributed by atoms with Crippen LogP contribution in [0.15, 0.2) is 176 Å². The maximum atomic E-state index is 4.97. The zero-order valence-corrected chi connectivity index (χ0v) is 29.0. The molecule has 0 amide bonds. The Hall–Kier alpha value is -7.37. The summed E-state index contributed by atoms with van der Waals surface area (Å²) in [6.07, 6.45) is 0. The van der Waals surface area contributed by atoms with E-state index in [4.69, 9.17) is 15.0 Å². The second kappa shape index (κ2) is 11.1. The van der Waals surface area contributed by atoms with E-state index in [9.17, 15) is 0 Å². The van der Waals surface area contributed by atoms with Gasteiger partial charge >= 0.3 is 0 Å². The molecule has 0 N–H and O–H groups in total. The number of benzene rings is 8. The van der Waals surface area contributed by atoms with Crippen molar-refractivity contribution in [2.45, 2.75) is 0 Å². The minimum Gasteiger partial charge on any atom is -0.309 e. The molecule has 5 nitrogen and oxygen atoms in total. The Labute approximate surface area is 309 Å². The van der Waals surface area contributed by atoms with Crippen LogP contribution in [0.1, 0.15) is 0 Å². The summed E-state index contributed by atoms with van der Waals surface area (Å²) >= 11 is 0. The van der Waals surface area contributed by atoms with Gasteiger partial charge in [-0.05, 0) is 47.9 Å². The van der Waals surface area contributed by atoms with Crippen LogP contribution in [0.3, 0.4) is 0 Å². The summed E-state index contributed by atoms with van der Waals surface area (Å²) in [7, 11) is 0. The van der Waals surface area contributed by atoms with Crippen molar-refractivity contribution < 1.29 is 0 Å². The lowest BCUT2D eigenvalue weighted by Gasteiger charge is -2.11. The Morgan fingerprint density at radius 1 is 0.296 bits per heavy atom. The van der Waals surface area contributed by atoms with Gasteiger partial charge in [0.25, 0.3) is 0 Å². The van der Waals surface area contributed by atoms with Crippen molar-refractivity contribution in [3.8, 4) is 39.9 Å². The number of hydrogen-bond acceptors (Lipinski definition) is 3. The molecule has 0 saturated heterocycles. The minimum absolute atomic E-state index is 0.643. The van der Waals surface area contributed by atoms with Gasteiger partial charge in [0.2, 0.25) is 0 Å². The highest BCUT2D eigenvalue weighted by Crippen LogP contribution is 2.44. The highest BCUT2D eigenvalue weighted by molar-refractivity contribution is 6.31. The van der Waals surface area contributed by atoms with Crippen molar-refractivity contribution in [2.75, 3.05) is 0 Å². The molecular weight excluding hydrogens is 659 g/mol. The van der Waals surface area contributed by atoms with Crippen LogP contribution in [0.25, 0.3) is 111 Å². The van der Waals surface area contributed by atoms with Crippen molar-refractivity contribution in [3.63, 3.8) is 0 Å². The fourth-order valence-electron chi connectivity index (χ4n) is 8.76. The first-order chi connectivity index (χ1) is 26.8. The van der Waals surface area contributed by atoms with E-state index in [1.54, 1.807) is 0 Å². The Bertz CT molecular complexity index is 3360. The van der Waals surface area contributed by atoms with Crippen molar-refractivity contribution in [2.24, 2.45) is 0 Å². The summed E-state index contributed by atoms with van der Waals surface area (Å²) in [5.74, 6) is 1.95. The Kier molecular flexibility index (Phi) is 5.99. The third-order valence-electron chi connectivity index (χ3n) is 11.1. The fourth-order valence-corrected chi connectivity index (χ4v) is 8.76. The normalized spacial score (nSPS) is 12.1. The van der Waals surface area contributed by atoms with Crippen LogP contribution in [0, 0.1) is 0 Å². The molecule has 0 atom stereocenters. The van der Waals surface area contributed by atoms with Crippen LogP contribution in [0.2, 0.25) is 0 Å². The van der Waals surface area contributed by atoms with Gasteiger partial charge in [-0.25, -0.2) is 15.0 Å². The highest BCUT2D eigenvalue weighted by Gasteiger charge is 2.21. The molecule has 0 aliphatic rings. The molecule has 0 spiro atoms. The van der Waals surface area contributed by atoms with E-state index in [1.807, 2.05) is 60.7 Å². The molecule has 12 rings (SSSR count). The number of rotatable bonds is 4. The first-order valence-corrected chi connectivity index (χ1v) is 18.3. The van der Waals surface area contributed by atoms with Crippen molar-refractivity contribution in [1.82, 2.24) is 23.9 Å². The van der Waals surface area contributed by atoms with Gasteiger partial charge in [-0.2, -0.15) is 0 Å². The average Bonchev–Trinajstić information content (AvgIpc) is 3.90. The number of para-hydroxylation sites is 3. The molecule has 4 heterocycles. The lowest BCUT2D eigenvalue weighted by atomic mass is 10.00. The zero-order valence-electron chi connectivity index (χ0n) is 29.0. The van der Waals surface area contributed by atoms with Crippen LogP contribution in [0.4, 0.5) is 0 Å². The van der Waals surface area contributed by atoms with Crippen molar-refractivity contribution >= 4 is 70.7 Å². The Morgan fingerprint density at radius 2 is 0.759 bits per heavy atom. The van der Waals surface area contributed by atoms with Crippen LogP contribution in [-0.4, -0.2) is 23.9 Å². The second-order valence-electron chi connectivity index (χ2n) is 14.0. The molecule has 0 radical (unpaired) electrons. The molecule has 54 heavy (non-hydrogen) atoms. The van der Waals surface area contributed by atoms with Gasteiger partial charge in [-0.3, -0.25) is 0 Å². The van der Waals surface area contributed by atoms with E-state index in [0.717, 1.165) is 22.4 Å². The van der Waals surface area contributed by atoms with Crippen LogP contribution in [-0.2, 0) is 0 Å². The van der Waals surface area contributed by atoms with E-state index in [0.29, 0.717) is 17.5 Å². The Balaban J connectivity index is 1.06. The van der Waals surface area contributed by atoms with E-state index in [-0.39, 0.29) is 0 Å². The first kappa shape index (κ1) is 29.2. The van der Waals surface area contributed by atoms with E-state index in [2.05, 4.69) is 124 Å². The maximum Gasteiger partial charge on any atom is 0.164 e. The van der Waals surface area contributed by atoms with E-state index in [1.165, 1.54) is 70.7 Å². The lowest BCUT2D eigenvalue weighted by Crippen LogP contribution is -2.00.